The van der Waals surface area contributed by atoms with E-state index >= 15 is 0 Å². The zero-order valence-corrected chi connectivity index (χ0v) is 21.3. The van der Waals surface area contributed by atoms with Crippen molar-refractivity contribution in [1.82, 2.24) is 15.3 Å². The summed E-state index contributed by atoms with van der Waals surface area (Å²) in [5.74, 6) is -0.198. The SMILES string of the molecule is Cc1nc(CC(=O)NC2CC(O)(C(F)(F)F)C2)c(C2OCCO2)c(N[C@H](C)c2cccc(C(F)(F)F)c2C)n1. The van der Waals surface area contributed by atoms with Crippen LogP contribution in [0.15, 0.2) is 18.2 Å². The predicted octanol–water partition coefficient (Wildman–Crippen LogP) is 4.45. The molecule has 1 amide bonds. The highest BCUT2D eigenvalue weighted by Crippen LogP contribution is 2.45. The maximum atomic E-state index is 13.5. The van der Waals surface area contributed by atoms with Crippen molar-refractivity contribution in [2.45, 2.75) is 76.4 Å². The number of aromatic nitrogens is 2. The summed E-state index contributed by atoms with van der Waals surface area (Å²) in [6.45, 7) is 5.07. The highest BCUT2D eigenvalue weighted by atomic mass is 19.4. The van der Waals surface area contributed by atoms with Crippen LogP contribution in [0, 0.1) is 13.8 Å². The van der Waals surface area contributed by atoms with Crippen molar-refractivity contribution in [3.05, 3.63) is 52.0 Å². The molecule has 14 heteroatoms. The van der Waals surface area contributed by atoms with E-state index in [0.29, 0.717) is 5.56 Å². The Morgan fingerprint density at radius 2 is 1.77 bits per heavy atom. The van der Waals surface area contributed by atoms with E-state index in [-0.39, 0.29) is 48.1 Å². The van der Waals surface area contributed by atoms with Crippen LogP contribution in [-0.4, -0.2) is 52.0 Å². The van der Waals surface area contributed by atoms with Gasteiger partial charge in [0.25, 0.3) is 0 Å². The zero-order chi connectivity index (χ0) is 28.8. The van der Waals surface area contributed by atoms with E-state index < -0.39 is 60.6 Å². The molecule has 0 unspecified atom stereocenters. The number of rotatable bonds is 7. The molecule has 0 bridgehead atoms. The third-order valence-corrected chi connectivity index (χ3v) is 6.88. The van der Waals surface area contributed by atoms with Gasteiger partial charge in [-0.25, -0.2) is 9.97 Å². The molecule has 214 valence electrons. The highest BCUT2D eigenvalue weighted by molar-refractivity contribution is 5.79. The summed E-state index contributed by atoms with van der Waals surface area (Å²) in [5.41, 5.74) is -2.72. The Bertz CT molecular complexity index is 1220. The van der Waals surface area contributed by atoms with Crippen molar-refractivity contribution < 1.29 is 45.7 Å². The normalized spacial score (nSPS) is 22.9. The molecule has 0 spiro atoms. The standard InChI is InChI=1S/C25H28F6N4O4/c1-12-16(5-4-6-17(12)24(26,27)28)13(2)32-21-20(22-38-7-8-39-22)18(33-14(3)34-21)9-19(36)35-15-10-23(37,11-15)25(29,30)31/h4-6,13,15,22,37H,7-11H2,1-3H3,(H,35,36)(H,32,33,34)/t13-,15?,23?/m1/s1. The van der Waals surface area contributed by atoms with Gasteiger partial charge >= 0.3 is 12.4 Å². The lowest BCUT2D eigenvalue weighted by molar-refractivity contribution is -0.291. The first kappa shape index (κ1) is 29.0. The number of amides is 1. The number of hydrogen-bond donors (Lipinski definition) is 3. The maximum Gasteiger partial charge on any atom is 0.417 e. The van der Waals surface area contributed by atoms with Gasteiger partial charge in [-0.1, -0.05) is 12.1 Å². The Morgan fingerprint density at radius 3 is 2.36 bits per heavy atom. The van der Waals surface area contributed by atoms with Crippen molar-refractivity contribution in [2.75, 3.05) is 18.5 Å². The molecule has 2 heterocycles. The molecule has 39 heavy (non-hydrogen) atoms. The van der Waals surface area contributed by atoms with Crippen LogP contribution in [-0.2, 0) is 26.9 Å². The number of alkyl halides is 6. The zero-order valence-electron chi connectivity index (χ0n) is 21.3. The second-order valence-electron chi connectivity index (χ2n) is 9.82. The lowest BCUT2D eigenvalue weighted by Crippen LogP contribution is -2.62. The molecule has 4 rings (SSSR count). The molecule has 2 aromatic rings. The van der Waals surface area contributed by atoms with Gasteiger partial charge < -0.3 is 25.2 Å². The summed E-state index contributed by atoms with van der Waals surface area (Å²) in [6, 6.07) is 2.36. The smallest absolute Gasteiger partial charge is 0.380 e. The third-order valence-electron chi connectivity index (χ3n) is 6.88. The summed E-state index contributed by atoms with van der Waals surface area (Å²) in [7, 11) is 0. The molecule has 1 aromatic heterocycles. The average Bonchev–Trinajstić information content (AvgIpc) is 3.30. The van der Waals surface area contributed by atoms with Crippen molar-refractivity contribution >= 4 is 11.7 Å². The Balaban J connectivity index is 1.58. The second kappa shape index (κ2) is 10.5. The first-order valence-corrected chi connectivity index (χ1v) is 12.2. The number of ether oxygens (including phenoxy) is 2. The summed E-state index contributed by atoms with van der Waals surface area (Å²) < 4.78 is 90.3. The van der Waals surface area contributed by atoms with Crippen molar-refractivity contribution in [3.8, 4) is 0 Å². The topological polar surface area (TPSA) is 106 Å². The molecule has 3 N–H and O–H groups in total. The highest BCUT2D eigenvalue weighted by Gasteiger charge is 2.61. The van der Waals surface area contributed by atoms with Crippen LogP contribution in [0.3, 0.4) is 0 Å². The fourth-order valence-corrected chi connectivity index (χ4v) is 4.89. The number of carbonyl (C=O) groups excluding carboxylic acids is 1. The number of halogens is 6. The minimum absolute atomic E-state index is 0.0459. The fraction of sp³-hybridized carbons (Fsp3) is 0.560. The van der Waals surface area contributed by atoms with Crippen molar-refractivity contribution in [3.63, 3.8) is 0 Å². The van der Waals surface area contributed by atoms with Crippen LogP contribution in [0.2, 0.25) is 0 Å². The van der Waals surface area contributed by atoms with Gasteiger partial charge in [-0.15, -0.1) is 0 Å². The molecule has 8 nitrogen and oxygen atoms in total. The Labute approximate surface area is 220 Å². The van der Waals surface area contributed by atoms with E-state index in [2.05, 4.69) is 20.6 Å². The van der Waals surface area contributed by atoms with Crippen LogP contribution in [0.25, 0.3) is 0 Å². The van der Waals surface area contributed by atoms with Gasteiger partial charge in [-0.3, -0.25) is 4.79 Å². The largest absolute Gasteiger partial charge is 0.417 e. The number of anilines is 1. The van der Waals surface area contributed by atoms with Crippen molar-refractivity contribution in [1.29, 1.82) is 0 Å². The van der Waals surface area contributed by atoms with E-state index in [4.69, 9.17) is 9.47 Å². The van der Waals surface area contributed by atoms with Gasteiger partial charge in [0, 0.05) is 18.9 Å². The molecule has 2 fully saturated rings. The molecular weight excluding hydrogens is 534 g/mol. The summed E-state index contributed by atoms with van der Waals surface area (Å²) >= 11 is 0. The molecule has 1 aliphatic carbocycles. The monoisotopic (exact) mass is 562 g/mol. The van der Waals surface area contributed by atoms with Crippen LogP contribution in [0.1, 0.15) is 65.9 Å². The van der Waals surface area contributed by atoms with Crippen LogP contribution in [0.4, 0.5) is 32.2 Å². The molecule has 1 atom stereocenters. The van der Waals surface area contributed by atoms with Crippen LogP contribution >= 0.6 is 0 Å². The third kappa shape index (κ3) is 6.12. The molecule has 0 radical (unpaired) electrons. The lowest BCUT2D eigenvalue weighted by Gasteiger charge is -2.44. The van der Waals surface area contributed by atoms with E-state index in [9.17, 15) is 36.2 Å². The minimum Gasteiger partial charge on any atom is -0.380 e. The van der Waals surface area contributed by atoms with E-state index in [1.165, 1.54) is 13.0 Å². The van der Waals surface area contributed by atoms with E-state index in [0.717, 1.165) is 6.07 Å². The second-order valence-corrected chi connectivity index (χ2v) is 9.82. The predicted molar refractivity (Wildman–Crippen MR) is 126 cm³/mol. The van der Waals surface area contributed by atoms with E-state index in [1.54, 1.807) is 19.9 Å². The number of nitrogens with one attached hydrogen (secondary N) is 2. The molecule has 1 aliphatic heterocycles. The lowest BCUT2D eigenvalue weighted by atomic mass is 9.75. The van der Waals surface area contributed by atoms with Crippen molar-refractivity contribution in [2.24, 2.45) is 0 Å². The maximum absolute atomic E-state index is 13.5. The number of aryl methyl sites for hydroxylation is 1. The number of hydrogen-bond acceptors (Lipinski definition) is 7. The molecular formula is C25H28F6N4O4. The van der Waals surface area contributed by atoms with Gasteiger partial charge in [-0.05, 0) is 38.0 Å². The summed E-state index contributed by atoms with van der Waals surface area (Å²) in [4.78, 5) is 21.5. The number of carbonyl (C=O) groups is 1. The fourth-order valence-electron chi connectivity index (χ4n) is 4.89. The van der Waals surface area contributed by atoms with Gasteiger partial charge in [0.1, 0.15) is 11.6 Å². The molecule has 1 saturated heterocycles. The molecule has 1 saturated carbocycles. The van der Waals surface area contributed by atoms with E-state index in [1.807, 2.05) is 0 Å². The Hall–Kier alpha value is -2.97. The Kier molecular flexibility index (Phi) is 7.85. The average molecular weight is 563 g/mol. The minimum atomic E-state index is -4.79. The molecule has 2 aliphatic rings. The Morgan fingerprint density at radius 1 is 1.13 bits per heavy atom. The summed E-state index contributed by atoms with van der Waals surface area (Å²) in [6.07, 6.45) is -12.0. The number of nitrogens with zero attached hydrogens (tertiary/aromatic N) is 2. The molecule has 1 aromatic carbocycles. The van der Waals surface area contributed by atoms with Crippen LogP contribution in [0.5, 0.6) is 0 Å². The van der Waals surface area contributed by atoms with Gasteiger partial charge in [0.05, 0.1) is 42.5 Å². The van der Waals surface area contributed by atoms with Gasteiger partial charge in [0.15, 0.2) is 11.9 Å². The number of aliphatic hydroxyl groups is 1. The quantitative estimate of drug-likeness (QED) is 0.429. The summed E-state index contributed by atoms with van der Waals surface area (Å²) in [5, 5.41) is 15.2. The van der Waals surface area contributed by atoms with Gasteiger partial charge in [-0.2, -0.15) is 26.3 Å². The van der Waals surface area contributed by atoms with Crippen LogP contribution < -0.4 is 10.6 Å². The number of benzene rings is 1. The van der Waals surface area contributed by atoms with Gasteiger partial charge in [0.2, 0.25) is 5.91 Å². The first-order chi connectivity index (χ1) is 18.1. The first-order valence-electron chi connectivity index (χ1n) is 12.2.